The molecule has 126 valence electrons. The molecule has 2 aromatic heterocycles. The molecule has 1 amide bonds. The van der Waals surface area contributed by atoms with Gasteiger partial charge in [0.1, 0.15) is 5.82 Å². The molecular formula is C18H17N5OS. The van der Waals surface area contributed by atoms with Gasteiger partial charge in [0.25, 0.3) is 0 Å². The average Bonchev–Trinajstić information content (AvgIpc) is 3.11. The minimum atomic E-state index is 0.0963. The molecule has 1 N–H and O–H groups in total. The fraction of sp³-hybridized carbons (Fsp3) is 0.222. The number of H-pyrrole nitrogens is 1. The third kappa shape index (κ3) is 3.56. The minimum absolute atomic E-state index is 0.0963. The lowest BCUT2D eigenvalue weighted by Crippen LogP contribution is -2.37. The first-order chi connectivity index (χ1) is 12.3. The number of imidazole rings is 1. The number of aromatic amines is 1. The summed E-state index contributed by atoms with van der Waals surface area (Å²) in [5.74, 6) is 1.31. The molecule has 3 aromatic rings. The van der Waals surface area contributed by atoms with Crippen molar-refractivity contribution in [1.82, 2.24) is 24.8 Å². The van der Waals surface area contributed by atoms with E-state index in [-0.39, 0.29) is 5.91 Å². The Balaban J connectivity index is 1.42. The van der Waals surface area contributed by atoms with Crippen LogP contribution in [0.15, 0.2) is 53.9 Å². The Morgan fingerprint density at radius 3 is 2.76 bits per heavy atom. The fourth-order valence-electron chi connectivity index (χ4n) is 2.82. The highest BCUT2D eigenvalue weighted by atomic mass is 32.2. The standard InChI is InChI=1S/C18H17N5OS/c24-16(12-25-18-19-8-4-9-20-18)23-10-7-14-15(11-23)22-17(21-14)13-5-2-1-3-6-13/h1-6,8-9H,7,10-12H2,(H,21,22). The molecule has 0 saturated heterocycles. The van der Waals surface area contributed by atoms with Gasteiger partial charge >= 0.3 is 0 Å². The van der Waals surface area contributed by atoms with E-state index in [4.69, 9.17) is 0 Å². The van der Waals surface area contributed by atoms with Gasteiger partial charge in [0.05, 0.1) is 23.7 Å². The summed E-state index contributed by atoms with van der Waals surface area (Å²) in [6.45, 7) is 1.27. The van der Waals surface area contributed by atoms with Gasteiger partial charge in [-0.2, -0.15) is 0 Å². The molecule has 0 aliphatic carbocycles. The molecule has 3 heterocycles. The molecule has 1 aliphatic rings. The van der Waals surface area contributed by atoms with E-state index in [9.17, 15) is 4.79 Å². The Morgan fingerprint density at radius 2 is 1.96 bits per heavy atom. The van der Waals surface area contributed by atoms with E-state index in [1.165, 1.54) is 11.8 Å². The normalized spacial score (nSPS) is 13.5. The van der Waals surface area contributed by atoms with Gasteiger partial charge in [0, 0.05) is 30.9 Å². The fourth-order valence-corrected chi connectivity index (χ4v) is 3.52. The van der Waals surface area contributed by atoms with Gasteiger partial charge in [-0.1, -0.05) is 42.1 Å². The summed E-state index contributed by atoms with van der Waals surface area (Å²) in [4.78, 5) is 30.7. The first-order valence-corrected chi connectivity index (χ1v) is 9.09. The van der Waals surface area contributed by atoms with E-state index < -0.39 is 0 Å². The smallest absolute Gasteiger partial charge is 0.233 e. The van der Waals surface area contributed by atoms with Gasteiger partial charge in [-0.05, 0) is 6.07 Å². The summed E-state index contributed by atoms with van der Waals surface area (Å²) in [5, 5.41) is 0.626. The van der Waals surface area contributed by atoms with Crippen LogP contribution in [0, 0.1) is 0 Å². The van der Waals surface area contributed by atoms with Crippen LogP contribution in [0.1, 0.15) is 11.4 Å². The van der Waals surface area contributed by atoms with Crippen LogP contribution < -0.4 is 0 Å². The second kappa shape index (κ2) is 7.06. The van der Waals surface area contributed by atoms with Crippen LogP contribution in [-0.2, 0) is 17.8 Å². The van der Waals surface area contributed by atoms with Crippen LogP contribution in [-0.4, -0.2) is 43.0 Å². The zero-order chi connectivity index (χ0) is 17.1. The Kier molecular flexibility index (Phi) is 4.47. The van der Waals surface area contributed by atoms with E-state index in [2.05, 4.69) is 19.9 Å². The van der Waals surface area contributed by atoms with Crippen molar-refractivity contribution in [3.63, 3.8) is 0 Å². The third-order valence-electron chi connectivity index (χ3n) is 4.10. The molecule has 0 unspecified atom stereocenters. The number of nitrogens with one attached hydrogen (secondary N) is 1. The zero-order valence-electron chi connectivity index (χ0n) is 13.6. The number of thioether (sulfide) groups is 1. The zero-order valence-corrected chi connectivity index (χ0v) is 14.4. The predicted molar refractivity (Wildman–Crippen MR) is 95.9 cm³/mol. The van der Waals surface area contributed by atoms with Crippen molar-refractivity contribution in [3.05, 3.63) is 60.2 Å². The summed E-state index contributed by atoms with van der Waals surface area (Å²) in [7, 11) is 0. The number of aromatic nitrogens is 4. The Bertz CT molecular complexity index is 866. The van der Waals surface area contributed by atoms with E-state index >= 15 is 0 Å². The number of rotatable bonds is 4. The minimum Gasteiger partial charge on any atom is -0.340 e. The maximum atomic E-state index is 12.5. The number of hydrogen-bond donors (Lipinski definition) is 1. The molecule has 0 saturated carbocycles. The molecule has 1 aromatic carbocycles. The van der Waals surface area contributed by atoms with Gasteiger partial charge < -0.3 is 9.88 Å². The highest BCUT2D eigenvalue weighted by molar-refractivity contribution is 7.99. The molecular weight excluding hydrogens is 334 g/mol. The molecule has 0 atom stereocenters. The second-order valence-corrected chi connectivity index (χ2v) is 6.70. The molecule has 0 radical (unpaired) electrons. The molecule has 0 bridgehead atoms. The van der Waals surface area contributed by atoms with E-state index in [1.54, 1.807) is 18.5 Å². The monoisotopic (exact) mass is 351 g/mol. The molecule has 25 heavy (non-hydrogen) atoms. The lowest BCUT2D eigenvalue weighted by Gasteiger charge is -2.26. The third-order valence-corrected chi connectivity index (χ3v) is 4.96. The Labute approximate surface area is 149 Å². The lowest BCUT2D eigenvalue weighted by molar-refractivity contribution is -0.129. The van der Waals surface area contributed by atoms with Crippen molar-refractivity contribution < 1.29 is 4.79 Å². The first-order valence-electron chi connectivity index (χ1n) is 8.10. The van der Waals surface area contributed by atoms with E-state index in [0.717, 1.165) is 29.2 Å². The van der Waals surface area contributed by atoms with Crippen LogP contribution in [0.3, 0.4) is 0 Å². The largest absolute Gasteiger partial charge is 0.340 e. The molecule has 4 rings (SSSR count). The van der Waals surface area contributed by atoms with Crippen LogP contribution in [0.4, 0.5) is 0 Å². The second-order valence-electron chi connectivity index (χ2n) is 5.76. The summed E-state index contributed by atoms with van der Waals surface area (Å²) in [6, 6.07) is 11.8. The summed E-state index contributed by atoms with van der Waals surface area (Å²) < 4.78 is 0. The molecule has 6 nitrogen and oxygen atoms in total. The number of fused-ring (bicyclic) bond motifs is 1. The quantitative estimate of drug-likeness (QED) is 0.577. The number of nitrogens with zero attached hydrogens (tertiary/aromatic N) is 4. The van der Waals surface area contributed by atoms with Gasteiger partial charge in [-0.25, -0.2) is 15.0 Å². The number of carbonyl (C=O) groups is 1. The van der Waals surface area contributed by atoms with Gasteiger partial charge in [-0.3, -0.25) is 4.79 Å². The van der Waals surface area contributed by atoms with Crippen molar-refractivity contribution >= 4 is 17.7 Å². The number of carbonyl (C=O) groups excluding carboxylic acids is 1. The Hall–Kier alpha value is -2.67. The lowest BCUT2D eigenvalue weighted by atomic mass is 10.1. The Morgan fingerprint density at radius 1 is 1.16 bits per heavy atom. The summed E-state index contributed by atoms with van der Waals surface area (Å²) in [5.41, 5.74) is 3.15. The van der Waals surface area contributed by atoms with Crippen LogP contribution >= 0.6 is 11.8 Å². The van der Waals surface area contributed by atoms with Crippen LogP contribution in [0.5, 0.6) is 0 Å². The van der Waals surface area contributed by atoms with Crippen LogP contribution in [0.25, 0.3) is 11.4 Å². The van der Waals surface area contributed by atoms with Crippen molar-refractivity contribution in [1.29, 1.82) is 0 Å². The first kappa shape index (κ1) is 15.8. The number of hydrogen-bond acceptors (Lipinski definition) is 5. The van der Waals surface area contributed by atoms with E-state index in [1.807, 2.05) is 35.2 Å². The van der Waals surface area contributed by atoms with Crippen molar-refractivity contribution in [2.45, 2.75) is 18.1 Å². The maximum absolute atomic E-state index is 12.5. The molecule has 0 spiro atoms. The van der Waals surface area contributed by atoms with Crippen molar-refractivity contribution in [2.24, 2.45) is 0 Å². The molecule has 0 fully saturated rings. The summed E-state index contributed by atoms with van der Waals surface area (Å²) >= 11 is 1.37. The molecule has 1 aliphatic heterocycles. The van der Waals surface area contributed by atoms with Gasteiger partial charge in [0.2, 0.25) is 5.91 Å². The van der Waals surface area contributed by atoms with Gasteiger partial charge in [-0.15, -0.1) is 0 Å². The SMILES string of the molecule is O=C(CSc1ncccn1)N1CCc2nc(-c3ccccc3)[nH]c2C1. The van der Waals surface area contributed by atoms with Crippen molar-refractivity contribution in [3.8, 4) is 11.4 Å². The number of benzene rings is 1. The topological polar surface area (TPSA) is 74.8 Å². The summed E-state index contributed by atoms with van der Waals surface area (Å²) in [6.07, 6.45) is 4.14. The van der Waals surface area contributed by atoms with Crippen LogP contribution in [0.2, 0.25) is 0 Å². The maximum Gasteiger partial charge on any atom is 0.233 e. The average molecular weight is 351 g/mol. The number of amides is 1. The predicted octanol–water partition coefficient (Wildman–Crippen LogP) is 2.54. The highest BCUT2D eigenvalue weighted by Crippen LogP contribution is 2.23. The van der Waals surface area contributed by atoms with Gasteiger partial charge in [0.15, 0.2) is 5.16 Å². The highest BCUT2D eigenvalue weighted by Gasteiger charge is 2.24. The van der Waals surface area contributed by atoms with Crippen molar-refractivity contribution in [2.75, 3.05) is 12.3 Å². The van der Waals surface area contributed by atoms with E-state index in [0.29, 0.717) is 24.0 Å². The molecule has 7 heteroatoms.